The van der Waals surface area contributed by atoms with Gasteiger partial charge in [0, 0.05) is 12.4 Å². The quantitative estimate of drug-likeness (QED) is 0.889. The topological polar surface area (TPSA) is 72.4 Å². The predicted molar refractivity (Wildman–Crippen MR) is 86.5 cm³/mol. The van der Waals surface area contributed by atoms with Gasteiger partial charge in [0.25, 0.3) is 0 Å². The van der Waals surface area contributed by atoms with E-state index in [1.807, 2.05) is 42.8 Å². The molecule has 5 nitrogen and oxygen atoms in total. The van der Waals surface area contributed by atoms with Gasteiger partial charge in [-0.1, -0.05) is 19.4 Å². The zero-order chi connectivity index (χ0) is 14.8. The molecule has 0 aromatic carbocycles. The van der Waals surface area contributed by atoms with Crippen LogP contribution in [0, 0.1) is 6.92 Å². The molecule has 0 bridgehead atoms. The molecule has 0 saturated carbocycles. The number of nitrogens with zero attached hydrogens (tertiary/aromatic N) is 2. The van der Waals surface area contributed by atoms with Crippen LogP contribution < -0.4 is 11.1 Å². The molecule has 3 N–H and O–H groups in total. The molecule has 0 spiro atoms. The highest BCUT2D eigenvalue weighted by atomic mass is 35.5. The minimum atomic E-state index is -0.816. The molecule has 0 radical (unpaired) electrons. The highest BCUT2D eigenvalue weighted by molar-refractivity contribution is 5.85. The van der Waals surface area contributed by atoms with Crippen LogP contribution in [-0.4, -0.2) is 20.8 Å². The molecule has 0 aliphatic rings. The molecule has 2 rings (SSSR count). The Bertz CT molecular complexity index is 621. The third-order valence-corrected chi connectivity index (χ3v) is 3.45. The number of nitrogens with one attached hydrogen (secondary N) is 1. The number of nitrogens with two attached hydrogens (primary N) is 1. The van der Waals surface area contributed by atoms with Crippen LogP contribution in [0.3, 0.4) is 0 Å². The van der Waals surface area contributed by atoms with Crippen LogP contribution in [0.25, 0.3) is 5.65 Å². The Balaban J connectivity index is 0.00000220. The molecular formula is C15H23ClN4O. The average molecular weight is 311 g/mol. The zero-order valence-electron chi connectivity index (χ0n) is 12.7. The second-order valence-electron chi connectivity index (χ2n) is 5.50. The van der Waals surface area contributed by atoms with E-state index in [-0.39, 0.29) is 18.3 Å². The second-order valence-corrected chi connectivity index (χ2v) is 5.50. The predicted octanol–water partition coefficient (Wildman–Crippen LogP) is 2.20. The van der Waals surface area contributed by atoms with E-state index in [9.17, 15) is 4.79 Å². The lowest BCUT2D eigenvalue weighted by Gasteiger charge is -2.22. The summed E-state index contributed by atoms with van der Waals surface area (Å²) in [4.78, 5) is 16.6. The molecule has 1 atom stereocenters. The Morgan fingerprint density at radius 2 is 2.24 bits per heavy atom. The summed E-state index contributed by atoms with van der Waals surface area (Å²) in [5, 5.41) is 2.86. The van der Waals surface area contributed by atoms with Gasteiger partial charge in [0.1, 0.15) is 5.65 Å². The van der Waals surface area contributed by atoms with Crippen molar-refractivity contribution in [2.24, 2.45) is 5.73 Å². The Hall–Kier alpha value is -1.59. The summed E-state index contributed by atoms with van der Waals surface area (Å²) in [5.74, 6) is -0.131. The van der Waals surface area contributed by atoms with E-state index in [4.69, 9.17) is 5.73 Å². The standard InChI is InChI=1S/C15H22N4O.ClH/c1-4-7-15(3,16)14(20)17-9-12-10-19-8-5-6-11(2)13(19)18-12;/h5-6,8,10H,4,7,9,16H2,1-3H3,(H,17,20);1H. The van der Waals surface area contributed by atoms with E-state index in [1.165, 1.54) is 0 Å². The van der Waals surface area contributed by atoms with Gasteiger partial charge >= 0.3 is 0 Å². The molecule has 1 unspecified atom stereocenters. The van der Waals surface area contributed by atoms with Gasteiger partial charge in [-0.2, -0.15) is 0 Å². The van der Waals surface area contributed by atoms with Gasteiger partial charge < -0.3 is 15.5 Å². The van der Waals surface area contributed by atoms with Crippen LogP contribution in [0.4, 0.5) is 0 Å². The van der Waals surface area contributed by atoms with Crippen molar-refractivity contribution < 1.29 is 4.79 Å². The highest BCUT2D eigenvalue weighted by Crippen LogP contribution is 2.11. The molecule has 6 heteroatoms. The number of carbonyl (C=O) groups is 1. The number of amides is 1. The van der Waals surface area contributed by atoms with E-state index < -0.39 is 5.54 Å². The van der Waals surface area contributed by atoms with Gasteiger partial charge in [0.15, 0.2) is 0 Å². The number of aryl methyl sites for hydroxylation is 1. The van der Waals surface area contributed by atoms with Gasteiger partial charge in [-0.25, -0.2) is 4.98 Å². The third kappa shape index (κ3) is 3.95. The molecular weight excluding hydrogens is 288 g/mol. The molecule has 0 fully saturated rings. The first-order valence-corrected chi connectivity index (χ1v) is 6.94. The number of aromatic nitrogens is 2. The zero-order valence-corrected chi connectivity index (χ0v) is 13.5. The van der Waals surface area contributed by atoms with E-state index in [1.54, 1.807) is 6.92 Å². The first kappa shape index (κ1) is 17.5. The Kier molecular flexibility index (Phi) is 5.75. The van der Waals surface area contributed by atoms with E-state index in [2.05, 4.69) is 10.3 Å². The fraction of sp³-hybridized carbons (Fsp3) is 0.467. The molecule has 2 aromatic heterocycles. The summed E-state index contributed by atoms with van der Waals surface area (Å²) >= 11 is 0. The van der Waals surface area contributed by atoms with Crippen LogP contribution in [0.5, 0.6) is 0 Å². The number of rotatable bonds is 5. The Morgan fingerprint density at radius 3 is 2.86 bits per heavy atom. The van der Waals surface area contributed by atoms with Crippen molar-refractivity contribution in [3.05, 3.63) is 35.8 Å². The minimum Gasteiger partial charge on any atom is -0.349 e. The molecule has 1 amide bonds. The van der Waals surface area contributed by atoms with Crippen LogP contribution in [0.2, 0.25) is 0 Å². The Morgan fingerprint density at radius 1 is 1.52 bits per heavy atom. The number of pyridine rings is 1. The number of hydrogen-bond acceptors (Lipinski definition) is 3. The number of hydrogen-bond donors (Lipinski definition) is 2. The highest BCUT2D eigenvalue weighted by Gasteiger charge is 2.26. The lowest BCUT2D eigenvalue weighted by atomic mass is 9.96. The van der Waals surface area contributed by atoms with Crippen molar-refractivity contribution in [2.45, 2.75) is 45.7 Å². The minimum absolute atomic E-state index is 0. The van der Waals surface area contributed by atoms with Crippen LogP contribution in [0.1, 0.15) is 37.9 Å². The van der Waals surface area contributed by atoms with Crippen LogP contribution in [0.15, 0.2) is 24.5 Å². The molecule has 0 aliphatic carbocycles. The first-order valence-electron chi connectivity index (χ1n) is 6.94. The van der Waals surface area contributed by atoms with Crippen molar-refractivity contribution in [1.82, 2.24) is 14.7 Å². The maximum Gasteiger partial charge on any atom is 0.240 e. The van der Waals surface area contributed by atoms with Crippen LogP contribution >= 0.6 is 12.4 Å². The summed E-state index contributed by atoms with van der Waals surface area (Å²) in [6, 6.07) is 3.99. The summed E-state index contributed by atoms with van der Waals surface area (Å²) in [6.07, 6.45) is 5.43. The lowest BCUT2D eigenvalue weighted by molar-refractivity contribution is -0.126. The van der Waals surface area contributed by atoms with Crippen molar-refractivity contribution in [3.63, 3.8) is 0 Å². The number of imidazole rings is 1. The Labute approximate surface area is 131 Å². The van der Waals surface area contributed by atoms with E-state index in [0.29, 0.717) is 13.0 Å². The fourth-order valence-corrected chi connectivity index (χ4v) is 2.30. The molecule has 21 heavy (non-hydrogen) atoms. The SMILES string of the molecule is CCCC(C)(N)C(=O)NCc1cn2cccc(C)c2n1.Cl. The van der Waals surface area contributed by atoms with E-state index in [0.717, 1.165) is 23.3 Å². The summed E-state index contributed by atoms with van der Waals surface area (Å²) in [6.45, 7) is 6.20. The van der Waals surface area contributed by atoms with Crippen LogP contribution in [-0.2, 0) is 11.3 Å². The fourth-order valence-electron chi connectivity index (χ4n) is 2.30. The van der Waals surface area contributed by atoms with Crippen molar-refractivity contribution in [3.8, 4) is 0 Å². The molecule has 0 saturated heterocycles. The molecule has 2 heterocycles. The van der Waals surface area contributed by atoms with Gasteiger partial charge in [-0.3, -0.25) is 4.79 Å². The second kappa shape index (κ2) is 6.91. The molecule has 2 aromatic rings. The summed E-state index contributed by atoms with van der Waals surface area (Å²) < 4.78 is 1.96. The number of halogens is 1. The first-order chi connectivity index (χ1) is 9.44. The van der Waals surface area contributed by atoms with E-state index >= 15 is 0 Å². The molecule has 0 aliphatic heterocycles. The van der Waals surface area contributed by atoms with Crippen molar-refractivity contribution in [2.75, 3.05) is 0 Å². The summed E-state index contributed by atoms with van der Waals surface area (Å²) in [7, 11) is 0. The van der Waals surface area contributed by atoms with Gasteiger partial charge in [-0.15, -0.1) is 12.4 Å². The third-order valence-electron chi connectivity index (χ3n) is 3.45. The maximum atomic E-state index is 12.0. The van der Waals surface area contributed by atoms with Crippen molar-refractivity contribution >= 4 is 24.0 Å². The summed E-state index contributed by atoms with van der Waals surface area (Å²) in [5.41, 5.74) is 8.04. The molecule has 116 valence electrons. The average Bonchev–Trinajstić information content (AvgIpc) is 2.80. The van der Waals surface area contributed by atoms with Gasteiger partial charge in [0.05, 0.1) is 17.8 Å². The largest absolute Gasteiger partial charge is 0.349 e. The van der Waals surface area contributed by atoms with Crippen molar-refractivity contribution in [1.29, 1.82) is 0 Å². The normalized spacial score (nSPS) is 13.5. The monoisotopic (exact) mass is 310 g/mol. The maximum absolute atomic E-state index is 12.0. The number of fused-ring (bicyclic) bond motifs is 1. The smallest absolute Gasteiger partial charge is 0.240 e. The van der Waals surface area contributed by atoms with Gasteiger partial charge in [0.2, 0.25) is 5.91 Å². The lowest BCUT2D eigenvalue weighted by Crippen LogP contribution is -2.51. The number of carbonyl (C=O) groups excluding carboxylic acids is 1. The van der Waals surface area contributed by atoms with Gasteiger partial charge in [-0.05, 0) is 31.9 Å².